The molecule has 1 heterocycles. The van der Waals surface area contributed by atoms with Gasteiger partial charge >= 0.3 is 12.0 Å². The lowest BCUT2D eigenvalue weighted by Gasteiger charge is -2.18. The number of amides is 2. The van der Waals surface area contributed by atoms with E-state index in [4.69, 9.17) is 14.6 Å². The summed E-state index contributed by atoms with van der Waals surface area (Å²) in [6, 6.07) is 4.36. The average Bonchev–Trinajstić information content (AvgIpc) is 3.06. The van der Waals surface area contributed by atoms with Gasteiger partial charge in [0.2, 0.25) is 6.79 Å². The zero-order valence-corrected chi connectivity index (χ0v) is 11.3. The molecule has 0 bridgehead atoms. The molecule has 0 aromatic heterocycles. The molecular formula is C14H16N2O5. The molecule has 3 N–H and O–H groups in total. The number of hydrogen-bond donors (Lipinski definition) is 3. The van der Waals surface area contributed by atoms with Gasteiger partial charge in [0.05, 0.1) is 5.92 Å². The van der Waals surface area contributed by atoms with Gasteiger partial charge < -0.3 is 25.2 Å². The Morgan fingerprint density at radius 3 is 2.81 bits per heavy atom. The summed E-state index contributed by atoms with van der Waals surface area (Å²) in [6.07, 6.45) is 2.10. The molecule has 1 aromatic carbocycles. The molecule has 7 nitrogen and oxygen atoms in total. The molecule has 0 saturated heterocycles. The van der Waals surface area contributed by atoms with Crippen LogP contribution in [0.4, 0.5) is 10.5 Å². The summed E-state index contributed by atoms with van der Waals surface area (Å²) in [5.41, 5.74) is 0.571. The zero-order valence-electron chi connectivity index (χ0n) is 11.3. The highest BCUT2D eigenvalue weighted by Gasteiger charge is 2.33. The fourth-order valence-electron chi connectivity index (χ4n) is 2.74. The maximum Gasteiger partial charge on any atom is 0.319 e. The van der Waals surface area contributed by atoms with Crippen LogP contribution in [0.1, 0.15) is 19.3 Å². The lowest BCUT2D eigenvalue weighted by atomic mass is 10.0. The van der Waals surface area contributed by atoms with Crippen LogP contribution in [-0.4, -0.2) is 29.9 Å². The predicted octanol–water partition coefficient (Wildman–Crippen LogP) is 1.79. The zero-order chi connectivity index (χ0) is 14.8. The fraction of sp³-hybridized carbons (Fsp3) is 0.429. The molecule has 2 unspecified atom stereocenters. The van der Waals surface area contributed by atoms with Gasteiger partial charge in [-0.15, -0.1) is 0 Å². The Hall–Kier alpha value is -2.44. The molecular weight excluding hydrogens is 276 g/mol. The molecule has 0 spiro atoms. The molecule has 3 rings (SSSR count). The second-order valence-corrected chi connectivity index (χ2v) is 5.15. The van der Waals surface area contributed by atoms with Crippen molar-refractivity contribution in [2.45, 2.75) is 25.3 Å². The number of benzene rings is 1. The van der Waals surface area contributed by atoms with Crippen molar-refractivity contribution >= 4 is 17.7 Å². The molecule has 2 atom stereocenters. The number of aliphatic carboxylic acids is 1. The van der Waals surface area contributed by atoms with Gasteiger partial charge in [-0.3, -0.25) is 4.79 Å². The average molecular weight is 292 g/mol. The standard InChI is InChI=1S/C14H16N2O5/c17-13(18)9-2-1-3-10(9)16-14(19)15-8-4-5-11-12(6-8)21-7-20-11/h4-6,9-10H,1-3,7H2,(H,17,18)(H2,15,16,19). The van der Waals surface area contributed by atoms with E-state index in [0.717, 1.165) is 6.42 Å². The van der Waals surface area contributed by atoms with Crippen molar-refractivity contribution in [3.63, 3.8) is 0 Å². The first-order valence-corrected chi connectivity index (χ1v) is 6.83. The van der Waals surface area contributed by atoms with Gasteiger partial charge in [-0.25, -0.2) is 4.79 Å². The number of carbonyl (C=O) groups is 2. The number of carbonyl (C=O) groups excluding carboxylic acids is 1. The maximum atomic E-state index is 11.9. The molecule has 2 amide bonds. The summed E-state index contributed by atoms with van der Waals surface area (Å²) in [6.45, 7) is 0.174. The van der Waals surface area contributed by atoms with Crippen LogP contribution in [0.2, 0.25) is 0 Å². The first-order chi connectivity index (χ1) is 10.1. The number of urea groups is 1. The Morgan fingerprint density at radius 1 is 1.19 bits per heavy atom. The number of rotatable bonds is 3. The summed E-state index contributed by atoms with van der Waals surface area (Å²) in [4.78, 5) is 23.0. The summed E-state index contributed by atoms with van der Waals surface area (Å²) in [5.74, 6) is -0.145. The van der Waals surface area contributed by atoms with Crippen molar-refractivity contribution in [1.82, 2.24) is 5.32 Å². The highest BCUT2D eigenvalue weighted by Crippen LogP contribution is 2.34. The van der Waals surface area contributed by atoms with Gasteiger partial charge in [-0.05, 0) is 25.0 Å². The second-order valence-electron chi connectivity index (χ2n) is 5.15. The van der Waals surface area contributed by atoms with Crippen LogP contribution in [0.25, 0.3) is 0 Å². The monoisotopic (exact) mass is 292 g/mol. The molecule has 7 heteroatoms. The summed E-state index contributed by atoms with van der Waals surface area (Å²) < 4.78 is 10.4. The third-order valence-electron chi connectivity index (χ3n) is 3.78. The van der Waals surface area contributed by atoms with E-state index >= 15 is 0 Å². The van der Waals surface area contributed by atoms with Gasteiger partial charge in [-0.1, -0.05) is 6.42 Å². The van der Waals surface area contributed by atoms with Crippen LogP contribution < -0.4 is 20.1 Å². The number of carboxylic acids is 1. The minimum Gasteiger partial charge on any atom is -0.481 e. The molecule has 21 heavy (non-hydrogen) atoms. The van der Waals surface area contributed by atoms with Crippen molar-refractivity contribution in [1.29, 1.82) is 0 Å². The second kappa shape index (κ2) is 5.51. The van der Waals surface area contributed by atoms with Crippen molar-refractivity contribution in [2.24, 2.45) is 5.92 Å². The first-order valence-electron chi connectivity index (χ1n) is 6.83. The number of nitrogens with one attached hydrogen (secondary N) is 2. The smallest absolute Gasteiger partial charge is 0.319 e. The number of carboxylic acid groups (broad SMARTS) is 1. The molecule has 2 aliphatic rings. The lowest BCUT2D eigenvalue weighted by molar-refractivity contribution is -0.142. The van der Waals surface area contributed by atoms with E-state index in [9.17, 15) is 9.59 Å². The third-order valence-corrected chi connectivity index (χ3v) is 3.78. The van der Waals surface area contributed by atoms with Crippen LogP contribution in [-0.2, 0) is 4.79 Å². The Morgan fingerprint density at radius 2 is 2.00 bits per heavy atom. The molecule has 1 saturated carbocycles. The quantitative estimate of drug-likeness (QED) is 0.789. The molecule has 112 valence electrons. The Bertz CT molecular complexity index is 574. The van der Waals surface area contributed by atoms with Crippen LogP contribution >= 0.6 is 0 Å². The van der Waals surface area contributed by atoms with Crippen LogP contribution in [0.3, 0.4) is 0 Å². The summed E-state index contributed by atoms with van der Waals surface area (Å²) in [7, 11) is 0. The highest BCUT2D eigenvalue weighted by molar-refractivity contribution is 5.90. The van der Waals surface area contributed by atoms with E-state index in [1.165, 1.54) is 0 Å². The van der Waals surface area contributed by atoms with E-state index in [0.29, 0.717) is 30.0 Å². The first kappa shape index (κ1) is 13.5. The molecule has 1 aliphatic carbocycles. The van der Waals surface area contributed by atoms with Crippen LogP contribution in [0.15, 0.2) is 18.2 Å². The highest BCUT2D eigenvalue weighted by atomic mass is 16.7. The molecule has 1 fully saturated rings. The van der Waals surface area contributed by atoms with Crippen molar-refractivity contribution in [2.75, 3.05) is 12.1 Å². The molecule has 0 radical (unpaired) electrons. The number of hydrogen-bond acceptors (Lipinski definition) is 4. The minimum absolute atomic E-state index is 0.174. The topological polar surface area (TPSA) is 96.9 Å². The molecule has 1 aliphatic heterocycles. The van der Waals surface area contributed by atoms with Gasteiger partial charge in [-0.2, -0.15) is 0 Å². The predicted molar refractivity (Wildman–Crippen MR) is 73.5 cm³/mol. The number of anilines is 1. The molecule has 1 aromatic rings. The van der Waals surface area contributed by atoms with Crippen LogP contribution in [0.5, 0.6) is 11.5 Å². The van der Waals surface area contributed by atoms with Gasteiger partial charge in [0.1, 0.15) is 0 Å². The van der Waals surface area contributed by atoms with Gasteiger partial charge in [0.25, 0.3) is 0 Å². The number of fused-ring (bicyclic) bond motifs is 1. The van der Waals surface area contributed by atoms with Crippen molar-refractivity contribution in [3.8, 4) is 11.5 Å². The number of ether oxygens (including phenoxy) is 2. The minimum atomic E-state index is -0.860. The Balaban J connectivity index is 1.60. The van der Waals surface area contributed by atoms with E-state index in [2.05, 4.69) is 10.6 Å². The maximum absolute atomic E-state index is 11.9. The lowest BCUT2D eigenvalue weighted by Crippen LogP contribution is -2.42. The normalized spacial score (nSPS) is 22.9. The van der Waals surface area contributed by atoms with Gasteiger partial charge in [0.15, 0.2) is 11.5 Å². The van der Waals surface area contributed by atoms with E-state index < -0.39 is 17.9 Å². The van der Waals surface area contributed by atoms with Crippen molar-refractivity contribution in [3.05, 3.63) is 18.2 Å². The van der Waals surface area contributed by atoms with E-state index in [1.54, 1.807) is 18.2 Å². The Labute approximate surface area is 121 Å². The largest absolute Gasteiger partial charge is 0.481 e. The van der Waals surface area contributed by atoms with Gasteiger partial charge in [0, 0.05) is 17.8 Å². The SMILES string of the molecule is O=C(Nc1ccc2c(c1)OCO2)NC1CCCC1C(=O)O. The van der Waals surface area contributed by atoms with Crippen molar-refractivity contribution < 1.29 is 24.2 Å². The Kier molecular flexibility index (Phi) is 3.55. The van der Waals surface area contributed by atoms with E-state index in [-0.39, 0.29) is 12.8 Å². The summed E-state index contributed by atoms with van der Waals surface area (Å²) >= 11 is 0. The fourth-order valence-corrected chi connectivity index (χ4v) is 2.74. The van der Waals surface area contributed by atoms with E-state index in [1.807, 2.05) is 0 Å². The van der Waals surface area contributed by atoms with Crippen LogP contribution in [0, 0.1) is 5.92 Å². The third kappa shape index (κ3) is 2.86. The summed E-state index contributed by atoms with van der Waals surface area (Å²) in [5, 5.41) is 14.5.